The second kappa shape index (κ2) is 5.11. The quantitative estimate of drug-likeness (QED) is 0.840. The lowest BCUT2D eigenvalue weighted by Gasteiger charge is -1.93. The average molecular weight is 323 g/mol. The third-order valence-corrected chi connectivity index (χ3v) is 1.70. The first-order valence-electron chi connectivity index (χ1n) is 3.50. The molecule has 2 rings (SSSR count). The van der Waals surface area contributed by atoms with Crippen LogP contribution >= 0.6 is 34.0 Å². The summed E-state index contributed by atoms with van der Waals surface area (Å²) in [5.41, 5.74) is 7.25. The van der Waals surface area contributed by atoms with Gasteiger partial charge in [0.05, 0.1) is 17.4 Å². The maximum atomic E-state index is 10.8. The molecule has 3 N–H and O–H groups in total. The predicted molar refractivity (Wildman–Crippen MR) is 65.3 cm³/mol. The van der Waals surface area contributed by atoms with Gasteiger partial charge in [0.1, 0.15) is 0 Å². The van der Waals surface area contributed by atoms with E-state index in [0.717, 1.165) is 11.0 Å². The molecule has 4 nitrogen and oxygen atoms in total. The Morgan fingerprint density at radius 3 is 2.71 bits per heavy atom. The number of nitrogens with zero attached hydrogens (tertiary/aromatic N) is 1. The fourth-order valence-electron chi connectivity index (χ4n) is 1.09. The van der Waals surface area contributed by atoms with Crippen molar-refractivity contribution in [2.24, 2.45) is 5.73 Å². The Kier molecular flexibility index (Phi) is 4.79. The van der Waals surface area contributed by atoms with Crippen LogP contribution in [0.4, 0.5) is 0 Å². The number of hydrogen-bond donors (Lipinski definition) is 2. The molecular formula is C8H9Br2N3O. The van der Waals surface area contributed by atoms with Crippen LogP contribution in [0.25, 0.3) is 11.0 Å². The maximum Gasteiger partial charge on any atom is 0.248 e. The van der Waals surface area contributed by atoms with Gasteiger partial charge in [-0.3, -0.25) is 4.79 Å². The predicted octanol–water partition coefficient (Wildman–Crippen LogP) is 1.82. The summed E-state index contributed by atoms with van der Waals surface area (Å²) in [5, 5.41) is 0. The molecule has 0 spiro atoms. The lowest BCUT2D eigenvalue weighted by molar-refractivity contribution is 0.100. The zero-order valence-corrected chi connectivity index (χ0v) is 10.5. The van der Waals surface area contributed by atoms with Gasteiger partial charge in [-0.05, 0) is 18.2 Å². The zero-order chi connectivity index (χ0) is 8.55. The number of amides is 1. The van der Waals surface area contributed by atoms with Crippen LogP contribution in [0, 0.1) is 0 Å². The van der Waals surface area contributed by atoms with Crippen molar-refractivity contribution >= 4 is 50.9 Å². The van der Waals surface area contributed by atoms with E-state index in [2.05, 4.69) is 9.97 Å². The van der Waals surface area contributed by atoms with Crippen molar-refractivity contribution < 1.29 is 4.79 Å². The highest BCUT2D eigenvalue weighted by atomic mass is 79.9. The molecule has 0 aliphatic heterocycles. The maximum absolute atomic E-state index is 10.8. The molecule has 1 amide bonds. The molecule has 0 saturated carbocycles. The smallest absolute Gasteiger partial charge is 0.248 e. The SMILES string of the molecule is Br.Br.NC(=O)c1ccc2nc[nH]c2c1. The Hall–Kier alpha value is -0.880. The van der Waals surface area contributed by atoms with E-state index in [1.165, 1.54) is 0 Å². The third-order valence-electron chi connectivity index (χ3n) is 1.70. The highest BCUT2D eigenvalue weighted by Crippen LogP contribution is 2.10. The number of carbonyl (C=O) groups excluding carboxylic acids is 1. The van der Waals surface area contributed by atoms with Crippen molar-refractivity contribution in [1.82, 2.24) is 9.97 Å². The first-order valence-corrected chi connectivity index (χ1v) is 3.50. The molecule has 0 fully saturated rings. The van der Waals surface area contributed by atoms with Gasteiger partial charge in [0.15, 0.2) is 0 Å². The highest BCUT2D eigenvalue weighted by Gasteiger charge is 2.01. The molecule has 0 bridgehead atoms. The van der Waals surface area contributed by atoms with Crippen molar-refractivity contribution in [2.75, 3.05) is 0 Å². The standard InChI is InChI=1S/C8H7N3O.2BrH/c9-8(12)5-1-2-6-7(3-5)11-4-10-6;;/h1-4H,(H2,9,12)(H,10,11);2*1H. The number of halogens is 2. The van der Waals surface area contributed by atoms with Crippen molar-refractivity contribution in [3.8, 4) is 0 Å². The molecule has 0 radical (unpaired) electrons. The number of aromatic amines is 1. The van der Waals surface area contributed by atoms with Crippen LogP contribution < -0.4 is 5.73 Å². The molecule has 2 aromatic rings. The number of primary amides is 1. The summed E-state index contributed by atoms with van der Waals surface area (Å²) in [6, 6.07) is 5.10. The molecular weight excluding hydrogens is 314 g/mol. The van der Waals surface area contributed by atoms with Gasteiger partial charge >= 0.3 is 0 Å². The number of hydrogen-bond acceptors (Lipinski definition) is 2. The number of H-pyrrole nitrogens is 1. The largest absolute Gasteiger partial charge is 0.366 e. The number of rotatable bonds is 1. The van der Waals surface area contributed by atoms with Crippen LogP contribution in [-0.2, 0) is 0 Å². The van der Waals surface area contributed by atoms with E-state index in [1.807, 2.05) is 0 Å². The molecule has 6 heteroatoms. The minimum atomic E-state index is -0.425. The van der Waals surface area contributed by atoms with E-state index >= 15 is 0 Å². The molecule has 1 aromatic heterocycles. The Morgan fingerprint density at radius 1 is 1.36 bits per heavy atom. The minimum absolute atomic E-state index is 0. The number of nitrogens with two attached hydrogens (primary N) is 1. The lowest BCUT2D eigenvalue weighted by atomic mass is 10.2. The van der Waals surface area contributed by atoms with E-state index in [-0.39, 0.29) is 34.0 Å². The monoisotopic (exact) mass is 321 g/mol. The van der Waals surface area contributed by atoms with E-state index in [4.69, 9.17) is 5.73 Å². The molecule has 0 unspecified atom stereocenters. The second-order valence-corrected chi connectivity index (χ2v) is 2.50. The topological polar surface area (TPSA) is 71.8 Å². The van der Waals surface area contributed by atoms with Crippen LogP contribution in [0.5, 0.6) is 0 Å². The Balaban J connectivity index is 0.000000845. The molecule has 1 heterocycles. The van der Waals surface area contributed by atoms with E-state index in [9.17, 15) is 4.79 Å². The second-order valence-electron chi connectivity index (χ2n) is 2.50. The van der Waals surface area contributed by atoms with Crippen molar-refractivity contribution in [2.45, 2.75) is 0 Å². The number of benzene rings is 1. The van der Waals surface area contributed by atoms with Crippen molar-refractivity contribution in [3.63, 3.8) is 0 Å². The Labute approximate surface area is 101 Å². The van der Waals surface area contributed by atoms with Gasteiger partial charge in [-0.15, -0.1) is 34.0 Å². The number of nitrogens with one attached hydrogen (secondary N) is 1. The van der Waals surface area contributed by atoms with E-state index in [1.54, 1.807) is 24.5 Å². The van der Waals surface area contributed by atoms with Crippen LogP contribution in [0.3, 0.4) is 0 Å². The Morgan fingerprint density at radius 2 is 2.07 bits per heavy atom. The van der Waals surface area contributed by atoms with Crippen LogP contribution in [0.1, 0.15) is 10.4 Å². The van der Waals surface area contributed by atoms with Gasteiger partial charge < -0.3 is 10.7 Å². The molecule has 14 heavy (non-hydrogen) atoms. The molecule has 0 atom stereocenters. The summed E-state index contributed by atoms with van der Waals surface area (Å²) in [4.78, 5) is 17.7. The van der Waals surface area contributed by atoms with Gasteiger partial charge in [0.2, 0.25) is 5.91 Å². The van der Waals surface area contributed by atoms with Crippen LogP contribution in [0.15, 0.2) is 24.5 Å². The Bertz CT molecular complexity index is 441. The number of aromatic nitrogens is 2. The average Bonchev–Trinajstić information content (AvgIpc) is 2.49. The van der Waals surface area contributed by atoms with E-state index in [0.29, 0.717) is 5.56 Å². The van der Waals surface area contributed by atoms with Gasteiger partial charge in [0, 0.05) is 5.56 Å². The summed E-state index contributed by atoms with van der Waals surface area (Å²) in [7, 11) is 0. The zero-order valence-electron chi connectivity index (χ0n) is 7.06. The van der Waals surface area contributed by atoms with E-state index < -0.39 is 5.91 Å². The molecule has 76 valence electrons. The number of fused-ring (bicyclic) bond motifs is 1. The van der Waals surface area contributed by atoms with Crippen LogP contribution in [-0.4, -0.2) is 15.9 Å². The summed E-state index contributed by atoms with van der Waals surface area (Å²) in [5.74, 6) is -0.425. The number of imidazole rings is 1. The normalized spacial score (nSPS) is 8.86. The molecule has 1 aromatic carbocycles. The fourth-order valence-corrected chi connectivity index (χ4v) is 1.09. The summed E-state index contributed by atoms with van der Waals surface area (Å²) >= 11 is 0. The van der Waals surface area contributed by atoms with Gasteiger partial charge in [0.25, 0.3) is 0 Å². The van der Waals surface area contributed by atoms with Crippen LogP contribution in [0.2, 0.25) is 0 Å². The lowest BCUT2D eigenvalue weighted by Crippen LogP contribution is -2.10. The first-order chi connectivity index (χ1) is 5.77. The first kappa shape index (κ1) is 13.1. The summed E-state index contributed by atoms with van der Waals surface area (Å²) in [6.45, 7) is 0. The highest BCUT2D eigenvalue weighted by molar-refractivity contribution is 8.93. The van der Waals surface area contributed by atoms with Gasteiger partial charge in [-0.25, -0.2) is 4.98 Å². The molecule has 0 saturated heterocycles. The minimum Gasteiger partial charge on any atom is -0.366 e. The fraction of sp³-hybridized carbons (Fsp3) is 0. The third kappa shape index (κ3) is 2.33. The van der Waals surface area contributed by atoms with Crippen molar-refractivity contribution in [1.29, 1.82) is 0 Å². The summed E-state index contributed by atoms with van der Waals surface area (Å²) < 4.78 is 0. The molecule has 0 aliphatic carbocycles. The van der Waals surface area contributed by atoms with Gasteiger partial charge in [-0.1, -0.05) is 0 Å². The molecule has 0 aliphatic rings. The summed E-state index contributed by atoms with van der Waals surface area (Å²) in [6.07, 6.45) is 1.58. The van der Waals surface area contributed by atoms with Gasteiger partial charge in [-0.2, -0.15) is 0 Å². The number of carbonyl (C=O) groups is 1. The van der Waals surface area contributed by atoms with Crippen molar-refractivity contribution in [3.05, 3.63) is 30.1 Å².